The Labute approximate surface area is 126 Å². The van der Waals surface area contributed by atoms with E-state index >= 15 is 0 Å². The number of fused-ring (bicyclic) bond motifs is 2. The Kier molecular flexibility index (Phi) is 2.75. The van der Waals surface area contributed by atoms with Gasteiger partial charge in [-0.2, -0.15) is 0 Å². The molecule has 22 heavy (non-hydrogen) atoms. The Morgan fingerprint density at radius 3 is 2.95 bits per heavy atom. The van der Waals surface area contributed by atoms with Gasteiger partial charge in [0.25, 0.3) is 5.91 Å². The number of nitrogens with zero attached hydrogens (tertiary/aromatic N) is 4. The molecule has 0 aliphatic carbocycles. The summed E-state index contributed by atoms with van der Waals surface area (Å²) in [5.74, 6) is 0.573. The van der Waals surface area contributed by atoms with Crippen molar-refractivity contribution in [3.05, 3.63) is 54.1 Å². The Morgan fingerprint density at radius 2 is 2.05 bits per heavy atom. The van der Waals surface area contributed by atoms with Gasteiger partial charge in [0.05, 0.1) is 17.4 Å². The molecule has 0 spiro atoms. The third-order valence-electron chi connectivity index (χ3n) is 3.84. The van der Waals surface area contributed by atoms with Crippen molar-refractivity contribution in [1.82, 2.24) is 20.3 Å². The number of anilines is 2. The van der Waals surface area contributed by atoms with Gasteiger partial charge in [-0.05, 0) is 12.1 Å². The van der Waals surface area contributed by atoms with E-state index in [9.17, 15) is 4.79 Å². The van der Waals surface area contributed by atoms with E-state index in [0.29, 0.717) is 12.2 Å². The SMILES string of the molecule is CN(c1cnc2ccccc2c1)c1ncnc2c1CNC2=O. The number of carbonyl (C=O) groups is 1. The van der Waals surface area contributed by atoms with E-state index in [0.717, 1.165) is 28.0 Å². The van der Waals surface area contributed by atoms with Gasteiger partial charge in [0.1, 0.15) is 17.8 Å². The summed E-state index contributed by atoms with van der Waals surface area (Å²) in [5.41, 5.74) is 3.14. The lowest BCUT2D eigenvalue weighted by Crippen LogP contribution is -2.14. The topological polar surface area (TPSA) is 71.0 Å². The van der Waals surface area contributed by atoms with Crippen LogP contribution >= 0.6 is 0 Å². The summed E-state index contributed by atoms with van der Waals surface area (Å²) in [6.07, 6.45) is 3.23. The molecule has 0 bridgehead atoms. The first-order valence-electron chi connectivity index (χ1n) is 6.94. The molecule has 0 radical (unpaired) electrons. The standard InChI is InChI=1S/C16H13N5O/c1-21(11-6-10-4-2-3-5-13(10)17-7-11)15-12-8-18-16(22)14(12)19-9-20-15/h2-7,9H,8H2,1H3,(H,18,22). The van der Waals surface area contributed by atoms with E-state index in [2.05, 4.69) is 26.3 Å². The van der Waals surface area contributed by atoms with Gasteiger partial charge in [-0.1, -0.05) is 18.2 Å². The van der Waals surface area contributed by atoms with Crippen molar-refractivity contribution in [2.75, 3.05) is 11.9 Å². The Morgan fingerprint density at radius 1 is 1.18 bits per heavy atom. The molecule has 1 N–H and O–H groups in total. The number of amides is 1. The van der Waals surface area contributed by atoms with Crippen LogP contribution in [0.5, 0.6) is 0 Å². The van der Waals surface area contributed by atoms with Crippen molar-refractivity contribution in [2.45, 2.75) is 6.54 Å². The Balaban J connectivity index is 1.81. The second kappa shape index (κ2) is 4.77. The molecule has 3 aromatic rings. The molecule has 1 aromatic carbocycles. The Hall–Kier alpha value is -3.02. The third-order valence-corrected chi connectivity index (χ3v) is 3.84. The highest BCUT2D eigenvalue weighted by atomic mass is 16.2. The number of rotatable bonds is 2. The minimum absolute atomic E-state index is 0.149. The van der Waals surface area contributed by atoms with Crippen molar-refractivity contribution in [3.8, 4) is 0 Å². The molecule has 0 unspecified atom stereocenters. The summed E-state index contributed by atoms with van der Waals surface area (Å²) in [5, 5.41) is 3.84. The summed E-state index contributed by atoms with van der Waals surface area (Å²) >= 11 is 0. The molecule has 0 atom stereocenters. The monoisotopic (exact) mass is 291 g/mol. The lowest BCUT2D eigenvalue weighted by molar-refractivity contribution is 0.0961. The quantitative estimate of drug-likeness (QED) is 0.782. The zero-order chi connectivity index (χ0) is 15.1. The van der Waals surface area contributed by atoms with Gasteiger partial charge in [0.2, 0.25) is 0 Å². The highest BCUT2D eigenvalue weighted by molar-refractivity contribution is 5.98. The molecule has 1 aliphatic rings. The normalized spacial score (nSPS) is 13.0. The maximum absolute atomic E-state index is 11.7. The summed E-state index contributed by atoms with van der Waals surface area (Å²) in [6.45, 7) is 0.454. The molecule has 1 aliphatic heterocycles. The van der Waals surface area contributed by atoms with Crippen molar-refractivity contribution < 1.29 is 4.79 Å². The summed E-state index contributed by atoms with van der Waals surface area (Å²) in [4.78, 5) is 26.5. The number of aromatic nitrogens is 3. The second-order valence-electron chi connectivity index (χ2n) is 5.15. The number of nitrogens with one attached hydrogen (secondary N) is 1. The molecule has 0 saturated heterocycles. The smallest absolute Gasteiger partial charge is 0.270 e. The fourth-order valence-corrected chi connectivity index (χ4v) is 2.67. The highest BCUT2D eigenvalue weighted by Crippen LogP contribution is 2.29. The fraction of sp³-hybridized carbons (Fsp3) is 0.125. The molecular weight excluding hydrogens is 278 g/mol. The molecule has 4 rings (SSSR count). The number of para-hydroxylation sites is 1. The van der Waals surface area contributed by atoms with E-state index in [1.54, 1.807) is 6.20 Å². The molecule has 0 saturated carbocycles. The first-order chi connectivity index (χ1) is 10.7. The molecule has 1 amide bonds. The number of hydrogen-bond acceptors (Lipinski definition) is 5. The van der Waals surface area contributed by atoms with Crippen LogP contribution in [0.25, 0.3) is 10.9 Å². The van der Waals surface area contributed by atoms with Crippen LogP contribution in [0, 0.1) is 0 Å². The molecule has 2 aromatic heterocycles. The lowest BCUT2D eigenvalue weighted by atomic mass is 10.2. The van der Waals surface area contributed by atoms with Crippen molar-refractivity contribution >= 4 is 28.3 Å². The number of pyridine rings is 1. The van der Waals surface area contributed by atoms with Gasteiger partial charge in [0, 0.05) is 24.5 Å². The minimum Gasteiger partial charge on any atom is -0.346 e. The van der Waals surface area contributed by atoms with Gasteiger partial charge in [0.15, 0.2) is 0 Å². The Bertz CT molecular complexity index is 893. The molecule has 3 heterocycles. The van der Waals surface area contributed by atoms with E-state index in [1.807, 2.05) is 36.2 Å². The van der Waals surface area contributed by atoms with E-state index in [1.165, 1.54) is 6.33 Å². The molecular formula is C16H13N5O. The van der Waals surface area contributed by atoms with Gasteiger partial charge in [-0.3, -0.25) is 9.78 Å². The summed E-state index contributed by atoms with van der Waals surface area (Å²) < 4.78 is 0. The zero-order valence-electron chi connectivity index (χ0n) is 11.9. The average Bonchev–Trinajstić information content (AvgIpc) is 2.95. The summed E-state index contributed by atoms with van der Waals surface area (Å²) in [7, 11) is 1.91. The van der Waals surface area contributed by atoms with Gasteiger partial charge >= 0.3 is 0 Å². The van der Waals surface area contributed by atoms with E-state index < -0.39 is 0 Å². The van der Waals surface area contributed by atoms with Crippen LogP contribution in [0.1, 0.15) is 16.1 Å². The average molecular weight is 291 g/mol. The van der Waals surface area contributed by atoms with Crippen LogP contribution in [-0.2, 0) is 6.54 Å². The lowest BCUT2D eigenvalue weighted by Gasteiger charge is -2.20. The molecule has 6 heteroatoms. The minimum atomic E-state index is -0.149. The van der Waals surface area contributed by atoms with Crippen molar-refractivity contribution in [1.29, 1.82) is 0 Å². The number of carbonyl (C=O) groups excluding carboxylic acids is 1. The largest absolute Gasteiger partial charge is 0.346 e. The van der Waals surface area contributed by atoms with Crippen LogP contribution in [0.3, 0.4) is 0 Å². The molecule has 6 nitrogen and oxygen atoms in total. The van der Waals surface area contributed by atoms with Crippen molar-refractivity contribution in [2.24, 2.45) is 0 Å². The number of hydrogen-bond donors (Lipinski definition) is 1. The molecule has 108 valence electrons. The number of benzene rings is 1. The van der Waals surface area contributed by atoms with Crippen LogP contribution < -0.4 is 10.2 Å². The van der Waals surface area contributed by atoms with Crippen molar-refractivity contribution in [3.63, 3.8) is 0 Å². The second-order valence-corrected chi connectivity index (χ2v) is 5.15. The zero-order valence-corrected chi connectivity index (χ0v) is 11.9. The van der Waals surface area contributed by atoms with E-state index in [-0.39, 0.29) is 5.91 Å². The van der Waals surface area contributed by atoms with Gasteiger partial charge in [-0.15, -0.1) is 0 Å². The highest BCUT2D eigenvalue weighted by Gasteiger charge is 2.26. The first kappa shape index (κ1) is 12.7. The first-order valence-corrected chi connectivity index (χ1v) is 6.94. The summed E-state index contributed by atoms with van der Waals surface area (Å²) in [6, 6.07) is 10.0. The predicted octanol–water partition coefficient (Wildman–Crippen LogP) is 2.04. The maximum Gasteiger partial charge on any atom is 0.270 e. The van der Waals surface area contributed by atoms with Gasteiger partial charge in [-0.25, -0.2) is 9.97 Å². The molecule has 0 fully saturated rings. The third kappa shape index (κ3) is 1.88. The van der Waals surface area contributed by atoms with Crippen LogP contribution in [0.4, 0.5) is 11.5 Å². The maximum atomic E-state index is 11.7. The van der Waals surface area contributed by atoms with Crippen LogP contribution in [0.15, 0.2) is 42.9 Å². The predicted molar refractivity (Wildman–Crippen MR) is 83.0 cm³/mol. The van der Waals surface area contributed by atoms with Crippen LogP contribution in [-0.4, -0.2) is 27.9 Å². The van der Waals surface area contributed by atoms with E-state index in [4.69, 9.17) is 0 Å². The van der Waals surface area contributed by atoms with Gasteiger partial charge < -0.3 is 10.2 Å². The fourth-order valence-electron chi connectivity index (χ4n) is 2.67. The van der Waals surface area contributed by atoms with Crippen LogP contribution in [0.2, 0.25) is 0 Å².